The standard InChI is InChI=1S/C16H18N2O2/c1-12(2)11-20-10-9-18-16(19)14-7-3-5-13-6-4-8-17-15(13)14/h3-8H,1,9-11H2,2H3,(H,18,19). The molecule has 0 unspecified atom stereocenters. The number of rotatable bonds is 6. The molecule has 0 atom stereocenters. The van der Waals surface area contributed by atoms with Crippen molar-refractivity contribution in [3.63, 3.8) is 0 Å². The molecule has 1 aromatic carbocycles. The van der Waals surface area contributed by atoms with Crippen LogP contribution < -0.4 is 5.32 Å². The first-order valence-corrected chi connectivity index (χ1v) is 6.52. The number of aromatic nitrogens is 1. The lowest BCUT2D eigenvalue weighted by atomic mass is 10.1. The molecule has 1 N–H and O–H groups in total. The van der Waals surface area contributed by atoms with Gasteiger partial charge >= 0.3 is 0 Å². The van der Waals surface area contributed by atoms with Crippen LogP contribution in [-0.4, -0.2) is 30.6 Å². The molecule has 0 saturated carbocycles. The van der Waals surface area contributed by atoms with Gasteiger partial charge in [-0.1, -0.05) is 30.4 Å². The fourth-order valence-electron chi connectivity index (χ4n) is 1.87. The third kappa shape index (κ3) is 3.65. The van der Waals surface area contributed by atoms with E-state index in [1.807, 2.05) is 31.2 Å². The van der Waals surface area contributed by atoms with Gasteiger partial charge in [0.1, 0.15) is 0 Å². The third-order valence-corrected chi connectivity index (χ3v) is 2.76. The third-order valence-electron chi connectivity index (χ3n) is 2.76. The number of ether oxygens (including phenoxy) is 1. The Morgan fingerprint density at radius 2 is 2.15 bits per heavy atom. The zero-order chi connectivity index (χ0) is 14.4. The molecule has 1 amide bonds. The van der Waals surface area contributed by atoms with Crippen LogP contribution in [0.5, 0.6) is 0 Å². The first-order chi connectivity index (χ1) is 9.68. The number of carbonyl (C=O) groups is 1. The van der Waals surface area contributed by atoms with Gasteiger partial charge in [-0.05, 0) is 19.1 Å². The Bertz CT molecular complexity index is 617. The summed E-state index contributed by atoms with van der Waals surface area (Å²) >= 11 is 0. The van der Waals surface area contributed by atoms with Crippen molar-refractivity contribution in [1.29, 1.82) is 0 Å². The highest BCUT2D eigenvalue weighted by atomic mass is 16.5. The topological polar surface area (TPSA) is 51.2 Å². The predicted octanol–water partition coefficient (Wildman–Crippen LogP) is 2.56. The number of fused-ring (bicyclic) bond motifs is 1. The van der Waals surface area contributed by atoms with E-state index in [0.29, 0.717) is 25.3 Å². The number of carbonyl (C=O) groups excluding carboxylic acids is 1. The van der Waals surface area contributed by atoms with Crippen LogP contribution in [-0.2, 0) is 4.74 Å². The number of nitrogens with zero attached hydrogens (tertiary/aromatic N) is 1. The van der Waals surface area contributed by atoms with Crippen LogP contribution in [0.2, 0.25) is 0 Å². The van der Waals surface area contributed by atoms with E-state index < -0.39 is 0 Å². The Labute approximate surface area is 118 Å². The van der Waals surface area contributed by atoms with Crippen molar-refractivity contribution in [2.75, 3.05) is 19.8 Å². The fraction of sp³-hybridized carbons (Fsp3) is 0.250. The van der Waals surface area contributed by atoms with E-state index in [2.05, 4.69) is 16.9 Å². The minimum atomic E-state index is -0.131. The van der Waals surface area contributed by atoms with Gasteiger partial charge in [-0.2, -0.15) is 0 Å². The molecule has 0 bridgehead atoms. The molecule has 20 heavy (non-hydrogen) atoms. The van der Waals surface area contributed by atoms with E-state index in [1.165, 1.54) is 0 Å². The summed E-state index contributed by atoms with van der Waals surface area (Å²) in [4.78, 5) is 16.4. The fourth-order valence-corrected chi connectivity index (χ4v) is 1.87. The van der Waals surface area contributed by atoms with Gasteiger partial charge in [0.15, 0.2) is 0 Å². The average Bonchev–Trinajstić information content (AvgIpc) is 2.45. The molecule has 0 radical (unpaired) electrons. The Balaban J connectivity index is 1.96. The Kier molecular flexibility index (Phi) is 4.85. The van der Waals surface area contributed by atoms with Gasteiger partial charge in [0.2, 0.25) is 0 Å². The molecule has 0 saturated heterocycles. The molecule has 0 aliphatic carbocycles. The van der Waals surface area contributed by atoms with Gasteiger partial charge in [0, 0.05) is 18.1 Å². The molecule has 104 valence electrons. The minimum Gasteiger partial charge on any atom is -0.375 e. The second-order valence-electron chi connectivity index (χ2n) is 4.65. The zero-order valence-corrected chi connectivity index (χ0v) is 11.6. The maximum Gasteiger partial charge on any atom is 0.253 e. The lowest BCUT2D eigenvalue weighted by molar-refractivity contribution is 0.0928. The maximum atomic E-state index is 12.1. The summed E-state index contributed by atoms with van der Waals surface area (Å²) in [5.41, 5.74) is 2.27. The van der Waals surface area contributed by atoms with Crippen molar-refractivity contribution in [2.24, 2.45) is 0 Å². The normalized spacial score (nSPS) is 10.4. The van der Waals surface area contributed by atoms with Crippen LogP contribution in [0.3, 0.4) is 0 Å². The number of nitrogens with one attached hydrogen (secondary N) is 1. The molecule has 4 nitrogen and oxygen atoms in total. The molecule has 0 aliphatic heterocycles. The molecule has 2 aromatic rings. The van der Waals surface area contributed by atoms with Crippen molar-refractivity contribution in [2.45, 2.75) is 6.92 Å². The van der Waals surface area contributed by atoms with Crippen LogP contribution >= 0.6 is 0 Å². The number of hydrogen-bond donors (Lipinski definition) is 1. The predicted molar refractivity (Wildman–Crippen MR) is 79.7 cm³/mol. The van der Waals surface area contributed by atoms with Gasteiger partial charge in [-0.15, -0.1) is 0 Å². The van der Waals surface area contributed by atoms with Crippen molar-refractivity contribution in [3.05, 3.63) is 54.2 Å². The highest BCUT2D eigenvalue weighted by Crippen LogP contribution is 2.15. The molecule has 4 heteroatoms. The Hall–Kier alpha value is -2.20. The van der Waals surface area contributed by atoms with Gasteiger partial charge in [-0.3, -0.25) is 9.78 Å². The van der Waals surface area contributed by atoms with Gasteiger partial charge in [0.05, 0.1) is 24.3 Å². The van der Waals surface area contributed by atoms with Crippen LogP contribution in [0.15, 0.2) is 48.7 Å². The first-order valence-electron chi connectivity index (χ1n) is 6.52. The molecule has 0 spiro atoms. The van der Waals surface area contributed by atoms with E-state index in [0.717, 1.165) is 16.5 Å². The number of pyridine rings is 1. The van der Waals surface area contributed by atoms with E-state index >= 15 is 0 Å². The second-order valence-corrected chi connectivity index (χ2v) is 4.65. The number of amides is 1. The summed E-state index contributed by atoms with van der Waals surface area (Å²) in [5.74, 6) is -0.131. The molecule has 0 fully saturated rings. The summed E-state index contributed by atoms with van der Waals surface area (Å²) in [6.45, 7) is 7.11. The quantitative estimate of drug-likeness (QED) is 0.648. The highest BCUT2D eigenvalue weighted by molar-refractivity contribution is 6.05. The van der Waals surface area contributed by atoms with Crippen molar-refractivity contribution in [1.82, 2.24) is 10.3 Å². The Morgan fingerprint density at radius 1 is 1.35 bits per heavy atom. The van der Waals surface area contributed by atoms with Crippen LogP contribution in [0.1, 0.15) is 17.3 Å². The van der Waals surface area contributed by atoms with Crippen molar-refractivity contribution < 1.29 is 9.53 Å². The SMILES string of the molecule is C=C(C)COCCNC(=O)c1cccc2cccnc12. The second kappa shape index (κ2) is 6.82. The monoisotopic (exact) mass is 270 g/mol. The smallest absolute Gasteiger partial charge is 0.253 e. The zero-order valence-electron chi connectivity index (χ0n) is 11.6. The first kappa shape index (κ1) is 14.2. The minimum absolute atomic E-state index is 0.131. The van der Waals surface area contributed by atoms with Crippen molar-refractivity contribution in [3.8, 4) is 0 Å². The van der Waals surface area contributed by atoms with Crippen LogP contribution in [0.25, 0.3) is 10.9 Å². The summed E-state index contributed by atoms with van der Waals surface area (Å²) in [7, 11) is 0. The highest BCUT2D eigenvalue weighted by Gasteiger charge is 2.09. The Morgan fingerprint density at radius 3 is 2.95 bits per heavy atom. The number of benzene rings is 1. The molecule has 1 aromatic heterocycles. The summed E-state index contributed by atoms with van der Waals surface area (Å²) < 4.78 is 5.34. The van der Waals surface area contributed by atoms with E-state index in [1.54, 1.807) is 12.3 Å². The molecule has 2 rings (SSSR count). The van der Waals surface area contributed by atoms with E-state index in [4.69, 9.17) is 4.74 Å². The van der Waals surface area contributed by atoms with E-state index in [-0.39, 0.29) is 5.91 Å². The van der Waals surface area contributed by atoms with Crippen molar-refractivity contribution >= 4 is 16.8 Å². The number of hydrogen-bond acceptors (Lipinski definition) is 3. The summed E-state index contributed by atoms with van der Waals surface area (Å²) in [6, 6.07) is 9.37. The number of para-hydroxylation sites is 1. The molecular weight excluding hydrogens is 252 g/mol. The van der Waals surface area contributed by atoms with Gasteiger partial charge in [-0.25, -0.2) is 0 Å². The summed E-state index contributed by atoms with van der Waals surface area (Å²) in [6.07, 6.45) is 1.69. The molecular formula is C16H18N2O2. The largest absolute Gasteiger partial charge is 0.375 e. The lowest BCUT2D eigenvalue weighted by Crippen LogP contribution is -2.27. The van der Waals surface area contributed by atoms with Gasteiger partial charge < -0.3 is 10.1 Å². The van der Waals surface area contributed by atoms with Gasteiger partial charge in [0.25, 0.3) is 5.91 Å². The lowest BCUT2D eigenvalue weighted by Gasteiger charge is -2.08. The average molecular weight is 270 g/mol. The molecule has 0 aliphatic rings. The summed E-state index contributed by atoms with van der Waals surface area (Å²) in [5, 5.41) is 3.79. The van der Waals surface area contributed by atoms with Crippen LogP contribution in [0, 0.1) is 0 Å². The maximum absolute atomic E-state index is 12.1. The van der Waals surface area contributed by atoms with Crippen LogP contribution in [0.4, 0.5) is 0 Å². The molecule has 1 heterocycles. The van der Waals surface area contributed by atoms with E-state index in [9.17, 15) is 4.79 Å².